The fourth-order valence-corrected chi connectivity index (χ4v) is 1.87. The van der Waals surface area contributed by atoms with Gasteiger partial charge in [-0.2, -0.15) is 10.1 Å². The highest BCUT2D eigenvalue weighted by atomic mass is 35.5. The number of nitrogens with zero attached hydrogens (tertiary/aromatic N) is 2. The minimum Gasteiger partial charge on any atom is -0.422 e. The molecule has 0 amide bonds. The first-order chi connectivity index (χ1) is 9.31. The summed E-state index contributed by atoms with van der Waals surface area (Å²) in [5.41, 5.74) is 5.17. The summed E-state index contributed by atoms with van der Waals surface area (Å²) in [6.07, 6.45) is 1.65. The lowest BCUT2D eigenvalue weighted by Crippen LogP contribution is -1.90. The van der Waals surface area contributed by atoms with Crippen LogP contribution in [0.25, 0.3) is 11.1 Å². The first-order valence-corrected chi connectivity index (χ1v) is 6.09. The van der Waals surface area contributed by atoms with Crippen LogP contribution in [0.1, 0.15) is 5.56 Å². The van der Waals surface area contributed by atoms with Crippen molar-refractivity contribution in [3.05, 3.63) is 59.1 Å². The Bertz CT molecular complexity index is 703. The van der Waals surface area contributed by atoms with Crippen molar-refractivity contribution in [1.82, 2.24) is 4.98 Å². The molecule has 5 heteroatoms. The van der Waals surface area contributed by atoms with Crippen LogP contribution in [0.4, 0.5) is 6.01 Å². The van der Waals surface area contributed by atoms with Gasteiger partial charge >= 0.3 is 6.01 Å². The zero-order valence-corrected chi connectivity index (χ0v) is 10.6. The van der Waals surface area contributed by atoms with Crippen LogP contribution >= 0.6 is 11.6 Å². The molecule has 1 N–H and O–H groups in total. The van der Waals surface area contributed by atoms with Crippen LogP contribution in [0.3, 0.4) is 0 Å². The van der Waals surface area contributed by atoms with E-state index in [0.29, 0.717) is 11.0 Å². The van der Waals surface area contributed by atoms with Gasteiger partial charge in [-0.15, -0.1) is 0 Å². The molecule has 0 aliphatic carbocycles. The van der Waals surface area contributed by atoms with Crippen molar-refractivity contribution in [2.45, 2.75) is 0 Å². The average molecular weight is 272 g/mol. The molecular formula is C14H10ClN3O. The Labute approximate surface area is 114 Å². The molecule has 2 aromatic carbocycles. The standard InChI is InChI=1S/C14H10ClN3O/c15-11-5-3-4-10(8-11)9-16-18-14-17-12-6-1-2-7-13(12)19-14/h1-9H,(H,17,18). The van der Waals surface area contributed by atoms with E-state index in [0.717, 1.165) is 16.7 Å². The van der Waals surface area contributed by atoms with Gasteiger partial charge in [0.2, 0.25) is 0 Å². The van der Waals surface area contributed by atoms with Gasteiger partial charge in [-0.05, 0) is 29.8 Å². The molecule has 1 heterocycles. The second kappa shape index (κ2) is 5.12. The highest BCUT2D eigenvalue weighted by Crippen LogP contribution is 2.17. The van der Waals surface area contributed by atoms with Crippen molar-refractivity contribution in [1.29, 1.82) is 0 Å². The molecule has 4 nitrogen and oxygen atoms in total. The maximum atomic E-state index is 5.88. The number of oxazole rings is 1. The third kappa shape index (κ3) is 2.74. The lowest BCUT2D eigenvalue weighted by Gasteiger charge is -1.94. The molecule has 3 rings (SSSR count). The first kappa shape index (κ1) is 11.7. The Kier molecular flexibility index (Phi) is 3.16. The summed E-state index contributed by atoms with van der Waals surface area (Å²) in [6, 6.07) is 15.3. The van der Waals surface area contributed by atoms with E-state index in [1.807, 2.05) is 48.5 Å². The summed E-state index contributed by atoms with van der Waals surface area (Å²) in [6.45, 7) is 0. The number of benzene rings is 2. The van der Waals surface area contributed by atoms with Crippen LogP contribution in [0.15, 0.2) is 58.0 Å². The zero-order chi connectivity index (χ0) is 13.1. The van der Waals surface area contributed by atoms with E-state index in [1.54, 1.807) is 6.21 Å². The van der Waals surface area contributed by atoms with Crippen molar-refractivity contribution in [3.8, 4) is 0 Å². The van der Waals surface area contributed by atoms with Crippen molar-refractivity contribution >= 4 is 34.9 Å². The molecule has 0 saturated heterocycles. The van der Waals surface area contributed by atoms with Crippen molar-refractivity contribution < 1.29 is 4.42 Å². The average Bonchev–Trinajstić information content (AvgIpc) is 2.81. The van der Waals surface area contributed by atoms with Crippen LogP contribution in [-0.2, 0) is 0 Å². The Hall–Kier alpha value is -2.33. The Morgan fingerprint density at radius 1 is 1.16 bits per heavy atom. The fraction of sp³-hybridized carbons (Fsp3) is 0. The predicted molar refractivity (Wildman–Crippen MR) is 76.7 cm³/mol. The first-order valence-electron chi connectivity index (χ1n) is 5.71. The second-order valence-electron chi connectivity index (χ2n) is 3.91. The number of anilines is 1. The van der Waals surface area contributed by atoms with E-state index in [9.17, 15) is 0 Å². The molecule has 0 spiro atoms. The van der Waals surface area contributed by atoms with Crippen LogP contribution in [0.2, 0.25) is 5.02 Å². The van der Waals surface area contributed by atoms with Gasteiger partial charge in [-0.25, -0.2) is 5.43 Å². The van der Waals surface area contributed by atoms with Crippen molar-refractivity contribution in [2.75, 3.05) is 5.43 Å². The summed E-state index contributed by atoms with van der Waals surface area (Å²) in [4.78, 5) is 4.24. The molecule has 0 aliphatic rings. The summed E-state index contributed by atoms with van der Waals surface area (Å²) in [5, 5.41) is 4.73. The quantitative estimate of drug-likeness (QED) is 0.580. The van der Waals surface area contributed by atoms with E-state index >= 15 is 0 Å². The van der Waals surface area contributed by atoms with E-state index in [-0.39, 0.29) is 0 Å². The van der Waals surface area contributed by atoms with Gasteiger partial charge in [0.25, 0.3) is 0 Å². The normalized spacial score (nSPS) is 11.2. The van der Waals surface area contributed by atoms with Crippen LogP contribution in [0.5, 0.6) is 0 Å². The SMILES string of the molecule is Clc1cccc(C=NNc2nc3ccccc3o2)c1. The lowest BCUT2D eigenvalue weighted by molar-refractivity contribution is 0.617. The molecule has 0 unspecified atom stereocenters. The van der Waals surface area contributed by atoms with Gasteiger partial charge < -0.3 is 4.42 Å². The minimum absolute atomic E-state index is 0.361. The van der Waals surface area contributed by atoms with Gasteiger partial charge in [-0.3, -0.25) is 0 Å². The number of nitrogens with one attached hydrogen (secondary N) is 1. The number of halogens is 1. The van der Waals surface area contributed by atoms with Crippen LogP contribution in [-0.4, -0.2) is 11.2 Å². The van der Waals surface area contributed by atoms with Gasteiger partial charge in [0.05, 0.1) is 6.21 Å². The number of hydrazone groups is 1. The van der Waals surface area contributed by atoms with Gasteiger partial charge in [0.15, 0.2) is 5.58 Å². The van der Waals surface area contributed by atoms with E-state index < -0.39 is 0 Å². The maximum absolute atomic E-state index is 5.88. The largest absolute Gasteiger partial charge is 0.422 e. The Morgan fingerprint density at radius 2 is 2.05 bits per heavy atom. The number of fused-ring (bicyclic) bond motifs is 1. The highest BCUT2D eigenvalue weighted by Gasteiger charge is 2.02. The summed E-state index contributed by atoms with van der Waals surface area (Å²) >= 11 is 5.88. The van der Waals surface area contributed by atoms with E-state index in [4.69, 9.17) is 16.0 Å². The highest BCUT2D eigenvalue weighted by molar-refractivity contribution is 6.30. The molecule has 0 fully saturated rings. The van der Waals surface area contributed by atoms with E-state index in [2.05, 4.69) is 15.5 Å². The van der Waals surface area contributed by atoms with Crippen molar-refractivity contribution in [3.63, 3.8) is 0 Å². The summed E-state index contributed by atoms with van der Waals surface area (Å²) < 4.78 is 5.47. The minimum atomic E-state index is 0.361. The molecule has 0 aliphatic heterocycles. The van der Waals surface area contributed by atoms with Gasteiger partial charge in [-0.1, -0.05) is 35.9 Å². The molecule has 94 valence electrons. The Morgan fingerprint density at radius 3 is 2.89 bits per heavy atom. The molecule has 0 atom stereocenters. The lowest BCUT2D eigenvalue weighted by atomic mass is 10.2. The maximum Gasteiger partial charge on any atom is 0.316 e. The molecule has 0 saturated carbocycles. The molecule has 0 radical (unpaired) electrons. The zero-order valence-electron chi connectivity index (χ0n) is 9.88. The third-order valence-corrected chi connectivity index (χ3v) is 2.75. The molecule has 1 aromatic heterocycles. The van der Waals surface area contributed by atoms with Gasteiger partial charge in [0.1, 0.15) is 5.52 Å². The fourth-order valence-electron chi connectivity index (χ4n) is 1.67. The third-order valence-electron chi connectivity index (χ3n) is 2.52. The molecular weight excluding hydrogens is 262 g/mol. The second-order valence-corrected chi connectivity index (χ2v) is 4.35. The van der Waals surface area contributed by atoms with Crippen molar-refractivity contribution in [2.24, 2.45) is 5.10 Å². The monoisotopic (exact) mass is 271 g/mol. The molecule has 3 aromatic rings. The number of para-hydroxylation sites is 2. The summed E-state index contributed by atoms with van der Waals surface area (Å²) in [7, 11) is 0. The smallest absolute Gasteiger partial charge is 0.316 e. The number of hydrogen-bond donors (Lipinski definition) is 1. The number of aromatic nitrogens is 1. The number of hydrogen-bond acceptors (Lipinski definition) is 4. The topological polar surface area (TPSA) is 50.4 Å². The Balaban J connectivity index is 1.75. The van der Waals surface area contributed by atoms with E-state index in [1.165, 1.54) is 0 Å². The number of rotatable bonds is 3. The summed E-state index contributed by atoms with van der Waals surface area (Å²) in [5.74, 6) is 0. The molecule has 19 heavy (non-hydrogen) atoms. The van der Waals surface area contributed by atoms with Crippen LogP contribution in [0, 0.1) is 0 Å². The van der Waals surface area contributed by atoms with Gasteiger partial charge in [0, 0.05) is 5.02 Å². The molecule has 0 bridgehead atoms. The van der Waals surface area contributed by atoms with Crippen LogP contribution < -0.4 is 5.43 Å². The predicted octanol–water partition coefficient (Wildman–Crippen LogP) is 3.93.